The van der Waals surface area contributed by atoms with Gasteiger partial charge in [-0.3, -0.25) is 0 Å². The first kappa shape index (κ1) is 13.3. The van der Waals surface area contributed by atoms with Crippen LogP contribution in [0.25, 0.3) is 0 Å². The molecular weight excluding hydrogens is 272 g/mol. The molecule has 2 bridgehead atoms. The maximum absolute atomic E-state index is 5.46. The molecule has 0 heterocycles. The third-order valence-corrected chi connectivity index (χ3v) is 5.43. The Bertz CT molecular complexity index is 475. The van der Waals surface area contributed by atoms with Crippen LogP contribution in [0.1, 0.15) is 25.7 Å². The molecule has 0 aliphatic heterocycles. The van der Waals surface area contributed by atoms with E-state index >= 15 is 0 Å². The van der Waals surface area contributed by atoms with Gasteiger partial charge in [-0.2, -0.15) is 0 Å². The number of nitrogens with one attached hydrogen (secondary N) is 2. The molecule has 2 N–H and O–H groups in total. The van der Waals surface area contributed by atoms with Crippen molar-refractivity contribution in [2.45, 2.75) is 36.6 Å². The van der Waals surface area contributed by atoms with Gasteiger partial charge in [0, 0.05) is 10.9 Å². The minimum atomic E-state index is 0.597. The third kappa shape index (κ3) is 2.90. The molecule has 2 nitrogen and oxygen atoms in total. The van der Waals surface area contributed by atoms with Crippen molar-refractivity contribution in [3.05, 3.63) is 24.3 Å². The number of fused-ring (bicyclic) bond motifs is 2. The SMILES string of the molecule is CSc1ccccc1NC(=S)N[C@@H]1C[C@@H]2CC[C@@H]1C2. The number of benzene rings is 1. The Labute approximate surface area is 124 Å². The molecule has 4 heteroatoms. The zero-order valence-electron chi connectivity index (χ0n) is 11.2. The summed E-state index contributed by atoms with van der Waals surface area (Å²) in [4.78, 5) is 1.24. The van der Waals surface area contributed by atoms with Crippen LogP contribution in [0.3, 0.4) is 0 Å². The highest BCUT2D eigenvalue weighted by Gasteiger charge is 2.39. The number of para-hydroxylation sites is 1. The molecule has 0 unspecified atom stereocenters. The topological polar surface area (TPSA) is 24.1 Å². The molecule has 2 saturated carbocycles. The summed E-state index contributed by atoms with van der Waals surface area (Å²) in [5.41, 5.74) is 1.11. The summed E-state index contributed by atoms with van der Waals surface area (Å²) in [5.74, 6) is 1.80. The molecule has 1 aromatic rings. The minimum absolute atomic E-state index is 0.597. The van der Waals surface area contributed by atoms with Crippen molar-refractivity contribution < 1.29 is 0 Å². The lowest BCUT2D eigenvalue weighted by atomic mass is 9.96. The van der Waals surface area contributed by atoms with E-state index in [0.29, 0.717) is 6.04 Å². The molecule has 1 aromatic carbocycles. The molecule has 102 valence electrons. The Hall–Kier alpha value is -0.740. The fourth-order valence-corrected chi connectivity index (χ4v) is 4.31. The minimum Gasteiger partial charge on any atom is -0.359 e. The maximum Gasteiger partial charge on any atom is 0.171 e. The summed E-state index contributed by atoms with van der Waals surface area (Å²) >= 11 is 7.21. The molecule has 0 aromatic heterocycles. The van der Waals surface area contributed by atoms with E-state index in [1.54, 1.807) is 11.8 Å². The summed E-state index contributed by atoms with van der Waals surface area (Å²) in [6, 6.07) is 8.90. The molecular formula is C15H20N2S2. The van der Waals surface area contributed by atoms with Crippen LogP contribution in [0.15, 0.2) is 29.2 Å². The Kier molecular flexibility index (Phi) is 3.99. The van der Waals surface area contributed by atoms with Gasteiger partial charge in [0.2, 0.25) is 0 Å². The van der Waals surface area contributed by atoms with Crippen molar-refractivity contribution in [2.24, 2.45) is 11.8 Å². The fraction of sp³-hybridized carbons (Fsp3) is 0.533. The van der Waals surface area contributed by atoms with Crippen molar-refractivity contribution in [1.82, 2.24) is 5.32 Å². The van der Waals surface area contributed by atoms with Crippen molar-refractivity contribution in [3.63, 3.8) is 0 Å². The van der Waals surface area contributed by atoms with Crippen LogP contribution in [0.5, 0.6) is 0 Å². The highest BCUT2D eigenvalue weighted by atomic mass is 32.2. The van der Waals surface area contributed by atoms with E-state index in [1.165, 1.54) is 30.6 Å². The first-order valence-corrected chi connectivity index (χ1v) is 8.60. The van der Waals surface area contributed by atoms with Gasteiger partial charge in [0.05, 0.1) is 5.69 Å². The zero-order chi connectivity index (χ0) is 13.2. The average Bonchev–Trinajstić information content (AvgIpc) is 3.01. The van der Waals surface area contributed by atoms with E-state index < -0.39 is 0 Å². The predicted molar refractivity (Wildman–Crippen MR) is 86.8 cm³/mol. The molecule has 0 radical (unpaired) electrons. The van der Waals surface area contributed by atoms with Gasteiger partial charge in [-0.15, -0.1) is 11.8 Å². The number of anilines is 1. The number of hydrogen-bond donors (Lipinski definition) is 2. The first-order valence-electron chi connectivity index (χ1n) is 6.97. The lowest BCUT2D eigenvalue weighted by Crippen LogP contribution is -2.40. The van der Waals surface area contributed by atoms with Gasteiger partial charge in [0.1, 0.15) is 0 Å². The van der Waals surface area contributed by atoms with Crippen LogP contribution < -0.4 is 10.6 Å². The number of rotatable bonds is 3. The molecule has 2 aliphatic carbocycles. The van der Waals surface area contributed by atoms with Gasteiger partial charge < -0.3 is 10.6 Å². The van der Waals surface area contributed by atoms with Crippen LogP contribution in [-0.2, 0) is 0 Å². The second-order valence-electron chi connectivity index (χ2n) is 5.58. The lowest BCUT2D eigenvalue weighted by Gasteiger charge is -2.24. The normalized spacial score (nSPS) is 28.4. The molecule has 2 aliphatic rings. The predicted octanol–water partition coefficient (Wildman–Crippen LogP) is 3.88. The Morgan fingerprint density at radius 3 is 2.79 bits per heavy atom. The van der Waals surface area contributed by atoms with Crippen LogP contribution in [0.4, 0.5) is 5.69 Å². The molecule has 19 heavy (non-hydrogen) atoms. The van der Waals surface area contributed by atoms with Crippen molar-refractivity contribution in [1.29, 1.82) is 0 Å². The van der Waals surface area contributed by atoms with Gasteiger partial charge in [0.25, 0.3) is 0 Å². The van der Waals surface area contributed by atoms with Crippen molar-refractivity contribution in [3.8, 4) is 0 Å². The number of hydrogen-bond acceptors (Lipinski definition) is 2. The fourth-order valence-electron chi connectivity index (χ4n) is 3.50. The molecule has 3 atom stereocenters. The highest BCUT2D eigenvalue weighted by Crippen LogP contribution is 2.44. The van der Waals surface area contributed by atoms with E-state index in [1.807, 2.05) is 6.07 Å². The van der Waals surface area contributed by atoms with E-state index in [-0.39, 0.29) is 0 Å². The molecule has 0 spiro atoms. The Morgan fingerprint density at radius 1 is 1.26 bits per heavy atom. The van der Waals surface area contributed by atoms with Crippen molar-refractivity contribution in [2.75, 3.05) is 11.6 Å². The van der Waals surface area contributed by atoms with Gasteiger partial charge >= 0.3 is 0 Å². The average molecular weight is 292 g/mol. The van der Waals surface area contributed by atoms with Crippen molar-refractivity contribution >= 4 is 34.8 Å². The number of thiocarbonyl (C=S) groups is 1. The molecule has 3 rings (SSSR count). The first-order chi connectivity index (χ1) is 9.26. The van der Waals surface area contributed by atoms with Crippen LogP contribution in [0.2, 0.25) is 0 Å². The highest BCUT2D eigenvalue weighted by molar-refractivity contribution is 7.98. The summed E-state index contributed by atoms with van der Waals surface area (Å²) in [5, 5.41) is 7.65. The lowest BCUT2D eigenvalue weighted by molar-refractivity contribution is 0.392. The quantitative estimate of drug-likeness (QED) is 0.652. The van der Waals surface area contributed by atoms with Crippen LogP contribution in [0, 0.1) is 11.8 Å². The molecule has 2 fully saturated rings. The second kappa shape index (κ2) is 5.71. The van der Waals surface area contributed by atoms with Crippen LogP contribution in [-0.4, -0.2) is 17.4 Å². The van der Waals surface area contributed by atoms with Crippen LogP contribution >= 0.6 is 24.0 Å². The van der Waals surface area contributed by atoms with Gasteiger partial charge in [-0.1, -0.05) is 18.6 Å². The Morgan fingerprint density at radius 2 is 2.11 bits per heavy atom. The Balaban J connectivity index is 1.59. The van der Waals surface area contributed by atoms with E-state index in [0.717, 1.165) is 22.6 Å². The maximum atomic E-state index is 5.46. The van der Waals surface area contributed by atoms with E-state index in [4.69, 9.17) is 12.2 Å². The van der Waals surface area contributed by atoms with Gasteiger partial charge in [0.15, 0.2) is 5.11 Å². The van der Waals surface area contributed by atoms with E-state index in [9.17, 15) is 0 Å². The summed E-state index contributed by atoms with van der Waals surface area (Å²) < 4.78 is 0. The zero-order valence-corrected chi connectivity index (χ0v) is 12.8. The monoisotopic (exact) mass is 292 g/mol. The summed E-state index contributed by atoms with van der Waals surface area (Å²) in [6.07, 6.45) is 7.61. The molecule has 0 saturated heterocycles. The summed E-state index contributed by atoms with van der Waals surface area (Å²) in [6.45, 7) is 0. The second-order valence-corrected chi connectivity index (χ2v) is 6.84. The molecule has 0 amide bonds. The van der Waals surface area contributed by atoms with Gasteiger partial charge in [-0.05, 0) is 61.7 Å². The van der Waals surface area contributed by atoms with E-state index in [2.05, 4.69) is 35.1 Å². The number of thioether (sulfide) groups is 1. The third-order valence-electron chi connectivity index (χ3n) is 4.41. The largest absolute Gasteiger partial charge is 0.359 e. The smallest absolute Gasteiger partial charge is 0.171 e. The standard InChI is InChI=1S/C15H20N2S2/c1-19-14-5-3-2-4-12(14)16-15(18)17-13-9-10-6-7-11(13)8-10/h2-5,10-11,13H,6-9H2,1H3,(H2,16,17,18)/t10-,11-,13-/m1/s1. The van der Waals surface area contributed by atoms with Gasteiger partial charge in [-0.25, -0.2) is 0 Å². The summed E-state index contributed by atoms with van der Waals surface area (Å²) in [7, 11) is 0.